The van der Waals surface area contributed by atoms with Crippen LogP contribution in [0, 0.1) is 12.7 Å². The van der Waals surface area contributed by atoms with Gasteiger partial charge in [-0.1, -0.05) is 18.2 Å². The van der Waals surface area contributed by atoms with Crippen molar-refractivity contribution in [1.29, 1.82) is 0 Å². The van der Waals surface area contributed by atoms with Crippen molar-refractivity contribution in [3.05, 3.63) is 59.0 Å². The Bertz CT molecular complexity index is 831. The van der Waals surface area contributed by atoms with Crippen LogP contribution in [-0.4, -0.2) is 43.3 Å². The molecule has 8 heteroatoms. The second-order valence-electron chi connectivity index (χ2n) is 7.28. The van der Waals surface area contributed by atoms with Crippen LogP contribution in [0.25, 0.3) is 0 Å². The van der Waals surface area contributed by atoms with Gasteiger partial charge in [-0.2, -0.15) is 0 Å². The summed E-state index contributed by atoms with van der Waals surface area (Å²) in [5.74, 6) is 1.52. The van der Waals surface area contributed by atoms with E-state index in [4.69, 9.17) is 4.74 Å². The number of anilines is 1. The zero-order valence-corrected chi connectivity index (χ0v) is 20.2. The molecule has 0 radical (unpaired) electrons. The first-order valence-electron chi connectivity index (χ1n) is 10.1. The first-order chi connectivity index (χ1) is 14.0. The molecule has 2 aromatic rings. The number of aromatic nitrogens is 1. The number of halogens is 2. The fourth-order valence-electron chi connectivity index (χ4n) is 3.24. The molecule has 164 valence electrons. The van der Waals surface area contributed by atoms with Gasteiger partial charge in [-0.05, 0) is 49.6 Å². The molecule has 1 atom stereocenters. The highest BCUT2D eigenvalue weighted by Gasteiger charge is 2.17. The highest BCUT2D eigenvalue weighted by molar-refractivity contribution is 14.0. The summed E-state index contributed by atoms with van der Waals surface area (Å²) in [5, 5.41) is 6.54. The van der Waals surface area contributed by atoms with Crippen LogP contribution < -0.4 is 15.5 Å². The molecule has 1 aromatic heterocycles. The van der Waals surface area contributed by atoms with Crippen LogP contribution in [0.5, 0.6) is 0 Å². The Kier molecular flexibility index (Phi) is 9.77. The van der Waals surface area contributed by atoms with Gasteiger partial charge in [0, 0.05) is 32.4 Å². The second-order valence-corrected chi connectivity index (χ2v) is 7.28. The maximum Gasteiger partial charge on any atom is 0.191 e. The van der Waals surface area contributed by atoms with Crippen LogP contribution in [0.3, 0.4) is 0 Å². The number of morpholine rings is 1. The predicted molar refractivity (Wildman–Crippen MR) is 130 cm³/mol. The van der Waals surface area contributed by atoms with Crippen LogP contribution in [0.1, 0.15) is 30.5 Å². The van der Waals surface area contributed by atoms with E-state index in [2.05, 4.69) is 38.5 Å². The summed E-state index contributed by atoms with van der Waals surface area (Å²) in [7, 11) is 0. The molecule has 0 saturated carbocycles. The Morgan fingerprint density at radius 3 is 2.73 bits per heavy atom. The lowest BCUT2D eigenvalue weighted by Crippen LogP contribution is -2.41. The van der Waals surface area contributed by atoms with Crippen molar-refractivity contribution in [2.24, 2.45) is 4.99 Å². The topological polar surface area (TPSA) is 61.8 Å². The first-order valence-corrected chi connectivity index (χ1v) is 10.1. The van der Waals surface area contributed by atoms with E-state index < -0.39 is 0 Å². The number of nitrogens with one attached hydrogen (secondary N) is 2. The summed E-state index contributed by atoms with van der Waals surface area (Å²) in [5.41, 5.74) is 2.71. The van der Waals surface area contributed by atoms with Crippen LogP contribution in [0.4, 0.5) is 10.2 Å². The minimum atomic E-state index is -0.184. The average molecular weight is 527 g/mol. The zero-order valence-electron chi connectivity index (χ0n) is 17.8. The third-order valence-electron chi connectivity index (χ3n) is 4.82. The minimum Gasteiger partial charge on any atom is -0.375 e. The number of hydrogen-bond donors (Lipinski definition) is 2. The zero-order chi connectivity index (χ0) is 20.6. The molecule has 0 bridgehead atoms. The van der Waals surface area contributed by atoms with Crippen molar-refractivity contribution in [2.75, 3.05) is 31.1 Å². The number of pyridine rings is 1. The van der Waals surface area contributed by atoms with Crippen LogP contribution in [0.2, 0.25) is 0 Å². The number of rotatable bonds is 6. The Morgan fingerprint density at radius 2 is 2.07 bits per heavy atom. The molecule has 1 aliphatic rings. The molecule has 1 aliphatic heterocycles. The van der Waals surface area contributed by atoms with Gasteiger partial charge >= 0.3 is 0 Å². The Balaban J connectivity index is 0.00000320. The van der Waals surface area contributed by atoms with Crippen LogP contribution in [-0.2, 0) is 17.8 Å². The molecule has 1 saturated heterocycles. The molecular formula is C22H31FIN5O. The summed E-state index contributed by atoms with van der Waals surface area (Å²) < 4.78 is 19.0. The Hall–Kier alpha value is -1.94. The molecule has 30 heavy (non-hydrogen) atoms. The third-order valence-corrected chi connectivity index (χ3v) is 4.82. The van der Waals surface area contributed by atoms with E-state index in [9.17, 15) is 4.39 Å². The van der Waals surface area contributed by atoms with Gasteiger partial charge in [0.25, 0.3) is 0 Å². The summed E-state index contributed by atoms with van der Waals surface area (Å²) >= 11 is 0. The second kappa shape index (κ2) is 12.0. The number of aliphatic imine (C=N–C) groups is 1. The van der Waals surface area contributed by atoms with Crippen molar-refractivity contribution in [1.82, 2.24) is 15.6 Å². The fraction of sp³-hybridized carbons (Fsp3) is 0.455. The van der Waals surface area contributed by atoms with E-state index in [-0.39, 0.29) is 35.9 Å². The molecule has 0 spiro atoms. The van der Waals surface area contributed by atoms with E-state index >= 15 is 0 Å². The molecule has 6 nitrogen and oxygen atoms in total. The largest absolute Gasteiger partial charge is 0.375 e. The lowest BCUT2D eigenvalue weighted by atomic mass is 10.1. The van der Waals surface area contributed by atoms with Gasteiger partial charge in [-0.25, -0.2) is 14.4 Å². The SMILES string of the molecule is CCNC(=NCc1ccc(N2CCOC(C)C2)nc1)NCc1ccc(F)c(C)c1.I. The van der Waals surface area contributed by atoms with Crippen molar-refractivity contribution in [3.8, 4) is 0 Å². The normalized spacial score (nSPS) is 16.7. The minimum absolute atomic E-state index is 0. The van der Waals surface area contributed by atoms with Crippen LogP contribution in [0.15, 0.2) is 41.5 Å². The van der Waals surface area contributed by atoms with Gasteiger partial charge in [-0.3, -0.25) is 0 Å². The quantitative estimate of drug-likeness (QED) is 0.342. The standard InChI is InChI=1S/C22H30FN5O.HI/c1-4-24-22(26-12-18-5-7-20(23)16(2)11-18)27-14-19-6-8-21(25-13-19)28-9-10-29-17(3)15-28;/h5-8,11,13,17H,4,9-10,12,14-15H2,1-3H3,(H2,24,26,27);1H. The Labute approximate surface area is 195 Å². The summed E-state index contributed by atoms with van der Waals surface area (Å²) in [6, 6.07) is 9.25. The molecule has 2 N–H and O–H groups in total. The lowest BCUT2D eigenvalue weighted by molar-refractivity contribution is 0.0529. The predicted octanol–water partition coefficient (Wildman–Crippen LogP) is 3.63. The van der Waals surface area contributed by atoms with E-state index in [1.54, 1.807) is 13.0 Å². The fourth-order valence-corrected chi connectivity index (χ4v) is 3.24. The van der Waals surface area contributed by atoms with E-state index in [0.717, 1.165) is 49.1 Å². The first kappa shape index (κ1) is 24.3. The molecular weight excluding hydrogens is 496 g/mol. The maximum absolute atomic E-state index is 13.4. The van der Waals surface area contributed by atoms with E-state index in [1.807, 2.05) is 25.3 Å². The molecule has 1 unspecified atom stereocenters. The number of guanidine groups is 1. The van der Waals surface area contributed by atoms with Gasteiger partial charge in [0.05, 0.1) is 19.3 Å². The highest BCUT2D eigenvalue weighted by Crippen LogP contribution is 2.16. The molecule has 1 fully saturated rings. The third kappa shape index (κ3) is 7.09. The molecule has 2 heterocycles. The van der Waals surface area contributed by atoms with Gasteiger partial charge in [-0.15, -0.1) is 24.0 Å². The summed E-state index contributed by atoms with van der Waals surface area (Å²) in [4.78, 5) is 11.5. The molecule has 1 aromatic carbocycles. The number of benzene rings is 1. The highest BCUT2D eigenvalue weighted by atomic mass is 127. The van der Waals surface area contributed by atoms with E-state index in [1.165, 1.54) is 6.07 Å². The van der Waals surface area contributed by atoms with E-state index in [0.29, 0.717) is 18.7 Å². The summed E-state index contributed by atoms with van der Waals surface area (Å²) in [6.07, 6.45) is 2.11. The van der Waals surface area contributed by atoms with Gasteiger partial charge < -0.3 is 20.3 Å². The summed E-state index contributed by atoms with van der Waals surface area (Å²) in [6.45, 7) is 10.2. The van der Waals surface area contributed by atoms with Gasteiger partial charge in [0.1, 0.15) is 11.6 Å². The van der Waals surface area contributed by atoms with Gasteiger partial charge in [0.15, 0.2) is 5.96 Å². The van der Waals surface area contributed by atoms with Crippen molar-refractivity contribution in [3.63, 3.8) is 0 Å². The Morgan fingerprint density at radius 1 is 1.27 bits per heavy atom. The number of hydrogen-bond acceptors (Lipinski definition) is 4. The monoisotopic (exact) mass is 527 g/mol. The van der Waals surface area contributed by atoms with Gasteiger partial charge in [0.2, 0.25) is 0 Å². The number of nitrogens with zero attached hydrogens (tertiary/aromatic N) is 3. The van der Waals surface area contributed by atoms with Crippen molar-refractivity contribution in [2.45, 2.75) is 40.0 Å². The smallest absolute Gasteiger partial charge is 0.191 e. The maximum atomic E-state index is 13.4. The molecule has 0 amide bonds. The van der Waals surface area contributed by atoms with Crippen molar-refractivity contribution < 1.29 is 9.13 Å². The number of aryl methyl sites for hydroxylation is 1. The average Bonchev–Trinajstić information content (AvgIpc) is 2.73. The molecule has 0 aliphatic carbocycles. The lowest BCUT2D eigenvalue weighted by Gasteiger charge is -2.32. The molecule has 3 rings (SSSR count). The number of ether oxygens (including phenoxy) is 1. The van der Waals surface area contributed by atoms with Crippen LogP contribution >= 0.6 is 24.0 Å². The van der Waals surface area contributed by atoms with Crippen molar-refractivity contribution >= 4 is 35.8 Å².